The summed E-state index contributed by atoms with van der Waals surface area (Å²) in [6.07, 6.45) is 2.34. The van der Waals surface area contributed by atoms with E-state index in [2.05, 4.69) is 47.5 Å². The minimum absolute atomic E-state index is 0.0401. The van der Waals surface area contributed by atoms with E-state index in [1.807, 2.05) is 13.0 Å². The summed E-state index contributed by atoms with van der Waals surface area (Å²) in [5, 5.41) is 6.09. The first-order valence-electron chi connectivity index (χ1n) is 5.45. The maximum atomic E-state index is 11.9. The minimum atomic E-state index is -0.182. The van der Waals surface area contributed by atoms with Gasteiger partial charge in [-0.15, -0.1) is 0 Å². The van der Waals surface area contributed by atoms with Crippen LogP contribution in [-0.4, -0.2) is 23.0 Å². The lowest BCUT2D eigenvalue weighted by Gasteiger charge is -2.14. The largest absolute Gasteiger partial charge is 0.322 e. The van der Waals surface area contributed by atoms with Crippen molar-refractivity contribution in [3.63, 3.8) is 0 Å². The molecule has 1 aliphatic carbocycles. The maximum absolute atomic E-state index is 11.9. The fourth-order valence-electron chi connectivity index (χ4n) is 1.43. The summed E-state index contributed by atoms with van der Waals surface area (Å²) in [7, 11) is 0. The SMILES string of the molecule is CC(NC1CC1)C(=O)Nc1ccc(Br)nc1Br. The number of pyridine rings is 1. The summed E-state index contributed by atoms with van der Waals surface area (Å²) in [6, 6.07) is 3.93. The van der Waals surface area contributed by atoms with Crippen molar-refractivity contribution in [3.8, 4) is 0 Å². The van der Waals surface area contributed by atoms with Crippen molar-refractivity contribution in [2.75, 3.05) is 5.32 Å². The van der Waals surface area contributed by atoms with Crippen LogP contribution in [-0.2, 0) is 4.79 Å². The van der Waals surface area contributed by atoms with Crippen molar-refractivity contribution in [1.29, 1.82) is 0 Å². The molecule has 1 heterocycles. The summed E-state index contributed by atoms with van der Waals surface area (Å²) in [6.45, 7) is 1.87. The zero-order valence-corrected chi connectivity index (χ0v) is 12.5. The first-order valence-corrected chi connectivity index (χ1v) is 7.04. The highest BCUT2D eigenvalue weighted by Gasteiger charge is 2.25. The Bertz CT molecular complexity index is 435. The third kappa shape index (κ3) is 3.76. The molecule has 1 aliphatic rings. The van der Waals surface area contributed by atoms with Crippen molar-refractivity contribution < 1.29 is 4.79 Å². The van der Waals surface area contributed by atoms with E-state index in [9.17, 15) is 4.79 Å². The molecule has 1 fully saturated rings. The molecule has 1 aromatic heterocycles. The fourth-order valence-corrected chi connectivity index (χ4v) is 2.40. The Labute approximate surface area is 117 Å². The van der Waals surface area contributed by atoms with Crippen molar-refractivity contribution in [2.24, 2.45) is 0 Å². The first kappa shape index (κ1) is 13.0. The lowest BCUT2D eigenvalue weighted by molar-refractivity contribution is -0.117. The molecule has 1 atom stereocenters. The Balaban J connectivity index is 1.96. The quantitative estimate of drug-likeness (QED) is 0.809. The number of carbonyl (C=O) groups excluding carboxylic acids is 1. The Morgan fingerprint density at radius 2 is 2.18 bits per heavy atom. The molecule has 92 valence electrons. The second-order valence-electron chi connectivity index (χ2n) is 4.12. The molecule has 0 aliphatic heterocycles. The van der Waals surface area contributed by atoms with E-state index in [0.717, 1.165) is 4.60 Å². The van der Waals surface area contributed by atoms with Crippen LogP contribution >= 0.6 is 31.9 Å². The summed E-state index contributed by atoms with van der Waals surface area (Å²) in [5.41, 5.74) is 0.683. The van der Waals surface area contributed by atoms with Gasteiger partial charge in [0, 0.05) is 6.04 Å². The minimum Gasteiger partial charge on any atom is -0.322 e. The van der Waals surface area contributed by atoms with Gasteiger partial charge < -0.3 is 10.6 Å². The number of halogens is 2. The maximum Gasteiger partial charge on any atom is 0.241 e. The molecule has 4 nitrogen and oxygen atoms in total. The highest BCUT2D eigenvalue weighted by atomic mass is 79.9. The van der Waals surface area contributed by atoms with E-state index < -0.39 is 0 Å². The lowest BCUT2D eigenvalue weighted by Crippen LogP contribution is -2.39. The Kier molecular flexibility index (Phi) is 4.17. The number of carbonyl (C=O) groups is 1. The molecule has 17 heavy (non-hydrogen) atoms. The van der Waals surface area contributed by atoms with Gasteiger partial charge in [-0.05, 0) is 63.8 Å². The number of nitrogens with zero attached hydrogens (tertiary/aromatic N) is 1. The normalized spacial score (nSPS) is 16.6. The fraction of sp³-hybridized carbons (Fsp3) is 0.455. The molecule has 1 aromatic rings. The van der Waals surface area contributed by atoms with Crippen LogP contribution in [0.4, 0.5) is 5.69 Å². The number of nitrogens with one attached hydrogen (secondary N) is 2. The van der Waals surface area contributed by atoms with E-state index >= 15 is 0 Å². The van der Waals surface area contributed by atoms with Crippen LogP contribution in [0.2, 0.25) is 0 Å². The number of hydrogen-bond donors (Lipinski definition) is 2. The van der Waals surface area contributed by atoms with Crippen LogP contribution in [0.1, 0.15) is 19.8 Å². The van der Waals surface area contributed by atoms with E-state index in [-0.39, 0.29) is 11.9 Å². The van der Waals surface area contributed by atoms with Crippen LogP contribution < -0.4 is 10.6 Å². The summed E-state index contributed by atoms with van der Waals surface area (Å²) in [4.78, 5) is 16.0. The van der Waals surface area contributed by atoms with Crippen molar-refractivity contribution >= 4 is 43.5 Å². The van der Waals surface area contributed by atoms with Gasteiger partial charge in [0.15, 0.2) is 0 Å². The second-order valence-corrected chi connectivity index (χ2v) is 5.69. The number of hydrogen-bond acceptors (Lipinski definition) is 3. The standard InChI is InChI=1S/C11H13Br2N3O/c1-6(14-7-2-3-7)11(17)15-8-4-5-9(12)16-10(8)13/h4-7,14H,2-3H2,1H3,(H,15,17). The molecule has 0 spiro atoms. The molecule has 1 saturated carbocycles. The predicted octanol–water partition coefficient (Wildman–Crippen LogP) is 2.69. The molecule has 2 rings (SSSR count). The van der Waals surface area contributed by atoms with Gasteiger partial charge in [0.1, 0.15) is 9.21 Å². The monoisotopic (exact) mass is 361 g/mol. The molecule has 2 N–H and O–H groups in total. The van der Waals surface area contributed by atoms with Crippen LogP contribution in [0.25, 0.3) is 0 Å². The first-order chi connectivity index (χ1) is 8.06. The van der Waals surface area contributed by atoms with Crippen LogP contribution in [0.5, 0.6) is 0 Å². The van der Waals surface area contributed by atoms with Gasteiger partial charge in [-0.2, -0.15) is 0 Å². The second kappa shape index (κ2) is 5.46. The Hall–Kier alpha value is -0.460. The Morgan fingerprint density at radius 3 is 2.76 bits per heavy atom. The van der Waals surface area contributed by atoms with Crippen molar-refractivity contribution in [3.05, 3.63) is 21.3 Å². The third-order valence-electron chi connectivity index (χ3n) is 2.53. The van der Waals surface area contributed by atoms with E-state index in [1.165, 1.54) is 12.8 Å². The van der Waals surface area contributed by atoms with Gasteiger partial charge in [-0.25, -0.2) is 4.98 Å². The number of amides is 1. The predicted molar refractivity (Wildman–Crippen MR) is 73.9 cm³/mol. The zero-order chi connectivity index (χ0) is 12.4. The van der Waals surface area contributed by atoms with Crippen LogP contribution in [0, 0.1) is 0 Å². The highest BCUT2D eigenvalue weighted by molar-refractivity contribution is 9.11. The molecular weight excluding hydrogens is 350 g/mol. The zero-order valence-electron chi connectivity index (χ0n) is 9.34. The molecule has 0 saturated heterocycles. The van der Waals surface area contributed by atoms with E-state index in [1.54, 1.807) is 6.07 Å². The summed E-state index contributed by atoms with van der Waals surface area (Å²) in [5.74, 6) is -0.0401. The molecule has 0 bridgehead atoms. The molecular formula is C11H13Br2N3O. The van der Waals surface area contributed by atoms with Gasteiger partial charge in [0.25, 0.3) is 0 Å². The lowest BCUT2D eigenvalue weighted by atomic mass is 10.3. The summed E-state index contributed by atoms with van der Waals surface area (Å²) < 4.78 is 1.35. The topological polar surface area (TPSA) is 54.0 Å². The van der Waals surface area contributed by atoms with Crippen LogP contribution in [0.3, 0.4) is 0 Å². The smallest absolute Gasteiger partial charge is 0.241 e. The average Bonchev–Trinajstić information content (AvgIpc) is 3.06. The molecule has 6 heteroatoms. The van der Waals surface area contributed by atoms with Gasteiger partial charge in [-0.3, -0.25) is 4.79 Å². The molecule has 0 aromatic carbocycles. The summed E-state index contributed by atoms with van der Waals surface area (Å²) >= 11 is 6.58. The number of aromatic nitrogens is 1. The number of anilines is 1. The third-order valence-corrected chi connectivity index (χ3v) is 3.58. The van der Waals surface area contributed by atoms with E-state index in [4.69, 9.17) is 0 Å². The van der Waals surface area contributed by atoms with Crippen molar-refractivity contribution in [2.45, 2.75) is 31.8 Å². The Morgan fingerprint density at radius 1 is 1.47 bits per heavy atom. The molecule has 1 amide bonds. The van der Waals surface area contributed by atoms with Crippen molar-refractivity contribution in [1.82, 2.24) is 10.3 Å². The van der Waals surface area contributed by atoms with E-state index in [0.29, 0.717) is 16.3 Å². The van der Waals surface area contributed by atoms with Gasteiger partial charge in [-0.1, -0.05) is 0 Å². The van der Waals surface area contributed by atoms with Gasteiger partial charge >= 0.3 is 0 Å². The average molecular weight is 363 g/mol. The van der Waals surface area contributed by atoms with Gasteiger partial charge in [0.2, 0.25) is 5.91 Å². The molecule has 0 radical (unpaired) electrons. The molecule has 1 unspecified atom stereocenters. The number of rotatable bonds is 4. The van der Waals surface area contributed by atoms with Gasteiger partial charge in [0.05, 0.1) is 11.7 Å². The van der Waals surface area contributed by atoms with Crippen LogP contribution in [0.15, 0.2) is 21.3 Å². The highest BCUT2D eigenvalue weighted by Crippen LogP contribution is 2.23.